The second kappa shape index (κ2) is 5.89. The van der Waals surface area contributed by atoms with Gasteiger partial charge in [0.05, 0.1) is 5.88 Å². The molecule has 2 aromatic carbocycles. The zero-order chi connectivity index (χ0) is 12.1. The SMILES string of the molecule is O=C(CCl)c1ccc(Sc2ccccc2)cc1. The molecule has 0 saturated heterocycles. The second-order valence-corrected chi connectivity index (χ2v) is 4.91. The fraction of sp³-hybridized carbons (Fsp3) is 0.0714. The second-order valence-electron chi connectivity index (χ2n) is 3.50. The number of hydrogen-bond acceptors (Lipinski definition) is 2. The molecule has 0 amide bonds. The van der Waals surface area contributed by atoms with Crippen LogP contribution in [0.25, 0.3) is 0 Å². The molecule has 86 valence electrons. The quantitative estimate of drug-likeness (QED) is 0.605. The Morgan fingerprint density at radius 1 is 0.941 bits per heavy atom. The highest BCUT2D eigenvalue weighted by atomic mass is 35.5. The van der Waals surface area contributed by atoms with Gasteiger partial charge in [0.15, 0.2) is 5.78 Å². The molecule has 3 heteroatoms. The van der Waals surface area contributed by atoms with Crippen LogP contribution in [-0.2, 0) is 0 Å². The summed E-state index contributed by atoms with van der Waals surface area (Å²) in [5, 5.41) is 0. The zero-order valence-electron chi connectivity index (χ0n) is 9.10. The summed E-state index contributed by atoms with van der Waals surface area (Å²) in [6, 6.07) is 17.6. The molecule has 0 unspecified atom stereocenters. The third-order valence-corrected chi connectivity index (χ3v) is 3.54. The Morgan fingerprint density at radius 3 is 2.12 bits per heavy atom. The number of carbonyl (C=O) groups is 1. The average Bonchev–Trinajstić information content (AvgIpc) is 2.40. The van der Waals surface area contributed by atoms with Crippen LogP contribution in [0.4, 0.5) is 0 Å². The molecule has 0 heterocycles. The molecule has 1 nitrogen and oxygen atoms in total. The van der Waals surface area contributed by atoms with Gasteiger partial charge in [-0.3, -0.25) is 4.79 Å². The number of rotatable bonds is 4. The number of hydrogen-bond donors (Lipinski definition) is 0. The molecule has 0 saturated carbocycles. The molecule has 0 fully saturated rings. The number of ketones is 1. The molecule has 0 bridgehead atoms. The van der Waals surface area contributed by atoms with Gasteiger partial charge in [-0.05, 0) is 24.3 Å². The minimum absolute atomic E-state index is 0.0329. The summed E-state index contributed by atoms with van der Waals surface area (Å²) in [6.07, 6.45) is 0. The maximum atomic E-state index is 11.3. The van der Waals surface area contributed by atoms with E-state index in [0.717, 1.165) is 4.90 Å². The van der Waals surface area contributed by atoms with Gasteiger partial charge in [-0.1, -0.05) is 42.1 Å². The topological polar surface area (TPSA) is 17.1 Å². The van der Waals surface area contributed by atoms with Gasteiger partial charge in [-0.25, -0.2) is 0 Å². The first-order chi connectivity index (χ1) is 8.29. The summed E-state index contributed by atoms with van der Waals surface area (Å²) in [4.78, 5) is 13.6. The van der Waals surface area contributed by atoms with E-state index >= 15 is 0 Å². The predicted octanol–water partition coefficient (Wildman–Crippen LogP) is 4.26. The van der Waals surface area contributed by atoms with Crippen LogP contribution in [-0.4, -0.2) is 11.7 Å². The Morgan fingerprint density at radius 2 is 1.53 bits per heavy atom. The van der Waals surface area contributed by atoms with Gasteiger partial charge in [-0.15, -0.1) is 11.6 Å². The van der Waals surface area contributed by atoms with Crippen molar-refractivity contribution in [1.82, 2.24) is 0 Å². The molecule has 0 radical (unpaired) electrons. The van der Waals surface area contributed by atoms with E-state index in [0.29, 0.717) is 5.56 Å². The van der Waals surface area contributed by atoms with E-state index in [9.17, 15) is 4.79 Å². The van der Waals surface area contributed by atoms with Crippen LogP contribution in [0.2, 0.25) is 0 Å². The Balaban J connectivity index is 2.11. The average molecular weight is 263 g/mol. The van der Waals surface area contributed by atoms with Gasteiger partial charge in [0, 0.05) is 15.4 Å². The molecule has 2 rings (SSSR count). The Hall–Kier alpha value is -1.25. The van der Waals surface area contributed by atoms with Crippen LogP contribution in [0.3, 0.4) is 0 Å². The van der Waals surface area contributed by atoms with Crippen molar-refractivity contribution in [1.29, 1.82) is 0 Å². The third-order valence-electron chi connectivity index (χ3n) is 2.28. The molecule has 0 aliphatic heterocycles. The number of carbonyl (C=O) groups excluding carboxylic acids is 1. The molecular formula is C14H11ClOS. The maximum Gasteiger partial charge on any atom is 0.177 e. The normalized spacial score (nSPS) is 10.2. The summed E-state index contributed by atoms with van der Waals surface area (Å²) >= 11 is 7.17. The Kier molecular flexibility index (Phi) is 4.24. The van der Waals surface area contributed by atoms with Crippen molar-refractivity contribution < 1.29 is 4.79 Å². The molecule has 0 aliphatic carbocycles. The van der Waals surface area contributed by atoms with Crippen LogP contribution in [0.1, 0.15) is 10.4 Å². The van der Waals surface area contributed by atoms with E-state index < -0.39 is 0 Å². The number of Topliss-reactive ketones (excluding diaryl/α,β-unsaturated/α-hetero) is 1. The minimum atomic E-state index is -0.0390. The summed E-state index contributed by atoms with van der Waals surface area (Å²) in [5.74, 6) is -0.00604. The van der Waals surface area contributed by atoms with E-state index in [-0.39, 0.29) is 11.7 Å². The van der Waals surface area contributed by atoms with Crippen molar-refractivity contribution in [3.05, 3.63) is 60.2 Å². The monoisotopic (exact) mass is 262 g/mol. The summed E-state index contributed by atoms with van der Waals surface area (Å²) < 4.78 is 0. The van der Waals surface area contributed by atoms with Crippen LogP contribution in [0, 0.1) is 0 Å². The van der Waals surface area contributed by atoms with Crippen molar-refractivity contribution in [2.75, 3.05) is 5.88 Å². The molecule has 0 aliphatic rings. The van der Waals surface area contributed by atoms with E-state index in [2.05, 4.69) is 12.1 Å². The smallest absolute Gasteiger partial charge is 0.177 e. The summed E-state index contributed by atoms with van der Waals surface area (Å²) in [7, 11) is 0. The number of alkyl halides is 1. The first-order valence-electron chi connectivity index (χ1n) is 5.22. The van der Waals surface area contributed by atoms with Crippen molar-refractivity contribution in [2.24, 2.45) is 0 Å². The fourth-order valence-corrected chi connectivity index (χ4v) is 2.40. The highest BCUT2D eigenvalue weighted by Crippen LogP contribution is 2.27. The lowest BCUT2D eigenvalue weighted by atomic mass is 10.1. The lowest BCUT2D eigenvalue weighted by Gasteiger charge is -2.02. The van der Waals surface area contributed by atoms with Crippen molar-refractivity contribution in [3.63, 3.8) is 0 Å². The van der Waals surface area contributed by atoms with E-state index in [4.69, 9.17) is 11.6 Å². The van der Waals surface area contributed by atoms with E-state index in [1.54, 1.807) is 11.8 Å². The Bertz CT molecular complexity index is 493. The summed E-state index contributed by atoms with van der Waals surface area (Å²) in [6.45, 7) is 0. The van der Waals surface area contributed by atoms with Crippen LogP contribution >= 0.6 is 23.4 Å². The highest BCUT2D eigenvalue weighted by molar-refractivity contribution is 7.99. The third kappa shape index (κ3) is 3.35. The molecule has 0 atom stereocenters. The lowest BCUT2D eigenvalue weighted by Crippen LogP contribution is -1.99. The van der Waals surface area contributed by atoms with Gasteiger partial charge in [0.25, 0.3) is 0 Å². The van der Waals surface area contributed by atoms with Gasteiger partial charge in [0.1, 0.15) is 0 Å². The van der Waals surface area contributed by atoms with Crippen molar-refractivity contribution in [2.45, 2.75) is 9.79 Å². The number of halogens is 1. The van der Waals surface area contributed by atoms with Gasteiger partial charge < -0.3 is 0 Å². The molecule has 0 spiro atoms. The van der Waals surface area contributed by atoms with Gasteiger partial charge in [0.2, 0.25) is 0 Å². The zero-order valence-corrected chi connectivity index (χ0v) is 10.7. The van der Waals surface area contributed by atoms with E-state index in [1.165, 1.54) is 4.90 Å². The maximum absolute atomic E-state index is 11.3. The van der Waals surface area contributed by atoms with Gasteiger partial charge in [-0.2, -0.15) is 0 Å². The molecule has 0 aromatic heterocycles. The molecule has 0 N–H and O–H groups in total. The Labute approximate surface area is 110 Å². The minimum Gasteiger partial charge on any atom is -0.293 e. The van der Waals surface area contributed by atoms with Crippen LogP contribution in [0.5, 0.6) is 0 Å². The number of benzene rings is 2. The van der Waals surface area contributed by atoms with Gasteiger partial charge >= 0.3 is 0 Å². The predicted molar refractivity (Wildman–Crippen MR) is 72.1 cm³/mol. The fourth-order valence-electron chi connectivity index (χ4n) is 1.41. The van der Waals surface area contributed by atoms with E-state index in [1.807, 2.05) is 42.5 Å². The van der Waals surface area contributed by atoms with Crippen LogP contribution < -0.4 is 0 Å². The first-order valence-corrected chi connectivity index (χ1v) is 6.57. The largest absolute Gasteiger partial charge is 0.293 e. The molecule has 17 heavy (non-hydrogen) atoms. The van der Waals surface area contributed by atoms with Crippen molar-refractivity contribution >= 4 is 29.1 Å². The molecule has 2 aromatic rings. The highest BCUT2D eigenvalue weighted by Gasteiger charge is 2.03. The standard InChI is InChI=1S/C14H11ClOS/c15-10-14(16)11-6-8-13(9-7-11)17-12-4-2-1-3-5-12/h1-9H,10H2. The van der Waals surface area contributed by atoms with Crippen LogP contribution in [0.15, 0.2) is 64.4 Å². The molecular weight excluding hydrogens is 252 g/mol. The lowest BCUT2D eigenvalue weighted by molar-refractivity contribution is 0.102. The van der Waals surface area contributed by atoms with Crippen molar-refractivity contribution in [3.8, 4) is 0 Å². The summed E-state index contributed by atoms with van der Waals surface area (Å²) in [5.41, 5.74) is 0.664. The first kappa shape index (κ1) is 12.2.